The van der Waals surface area contributed by atoms with Gasteiger partial charge < -0.3 is 15.0 Å². The average Bonchev–Trinajstić information content (AvgIpc) is 3.52. The molecule has 0 aromatic heterocycles. The molecule has 0 spiro atoms. The van der Waals surface area contributed by atoms with Gasteiger partial charge in [-0.1, -0.05) is 36.4 Å². The zero-order valence-corrected chi connectivity index (χ0v) is 15.5. The zero-order valence-electron chi connectivity index (χ0n) is 15.5. The van der Waals surface area contributed by atoms with E-state index in [9.17, 15) is 9.59 Å². The molecule has 5 nitrogen and oxygen atoms in total. The Morgan fingerprint density at radius 1 is 1.11 bits per heavy atom. The van der Waals surface area contributed by atoms with E-state index in [1.165, 1.54) is 5.56 Å². The van der Waals surface area contributed by atoms with Gasteiger partial charge in [0.05, 0.1) is 18.9 Å². The molecule has 2 aromatic carbocycles. The SMILES string of the molecule is COc1ccccc1CNC(=O)C1CC1C(=O)N1CCCc2ccccc21. The van der Waals surface area contributed by atoms with Crippen LogP contribution in [0.5, 0.6) is 5.75 Å². The zero-order chi connectivity index (χ0) is 18.8. The highest BCUT2D eigenvalue weighted by atomic mass is 16.5. The van der Waals surface area contributed by atoms with Crippen LogP contribution in [0.1, 0.15) is 24.0 Å². The van der Waals surface area contributed by atoms with Crippen LogP contribution >= 0.6 is 0 Å². The lowest BCUT2D eigenvalue weighted by Crippen LogP contribution is -2.37. The summed E-state index contributed by atoms with van der Waals surface area (Å²) in [6, 6.07) is 15.7. The number of nitrogens with zero attached hydrogens (tertiary/aromatic N) is 1. The molecule has 5 heteroatoms. The Morgan fingerprint density at radius 2 is 1.89 bits per heavy atom. The van der Waals surface area contributed by atoms with Crippen molar-refractivity contribution in [1.29, 1.82) is 0 Å². The lowest BCUT2D eigenvalue weighted by molar-refractivity contribution is -0.126. The second kappa shape index (κ2) is 7.43. The Hall–Kier alpha value is -2.82. The number of methoxy groups -OCH3 is 1. The summed E-state index contributed by atoms with van der Waals surface area (Å²) in [5.74, 6) is 0.366. The van der Waals surface area contributed by atoms with E-state index in [1.807, 2.05) is 47.4 Å². The van der Waals surface area contributed by atoms with Gasteiger partial charge in [-0.25, -0.2) is 0 Å². The number of carbonyl (C=O) groups is 2. The fraction of sp³-hybridized carbons (Fsp3) is 0.364. The number of amides is 2. The van der Waals surface area contributed by atoms with Crippen LogP contribution in [0.4, 0.5) is 5.69 Å². The van der Waals surface area contributed by atoms with Crippen LogP contribution in [0.15, 0.2) is 48.5 Å². The van der Waals surface area contributed by atoms with E-state index in [-0.39, 0.29) is 23.7 Å². The molecule has 0 bridgehead atoms. The van der Waals surface area contributed by atoms with Gasteiger partial charge >= 0.3 is 0 Å². The monoisotopic (exact) mass is 364 g/mol. The van der Waals surface area contributed by atoms with Crippen LogP contribution in [0.3, 0.4) is 0 Å². The average molecular weight is 364 g/mol. The summed E-state index contributed by atoms with van der Waals surface area (Å²) in [7, 11) is 1.62. The highest BCUT2D eigenvalue weighted by molar-refractivity contribution is 6.01. The van der Waals surface area contributed by atoms with E-state index in [0.717, 1.165) is 36.4 Å². The molecule has 27 heavy (non-hydrogen) atoms. The number of hydrogen-bond acceptors (Lipinski definition) is 3. The summed E-state index contributed by atoms with van der Waals surface area (Å²) >= 11 is 0. The first-order chi connectivity index (χ1) is 13.2. The summed E-state index contributed by atoms with van der Waals surface area (Å²) in [6.07, 6.45) is 2.61. The summed E-state index contributed by atoms with van der Waals surface area (Å²) in [6.45, 7) is 1.15. The second-order valence-electron chi connectivity index (χ2n) is 7.20. The Kier molecular flexibility index (Phi) is 4.84. The fourth-order valence-corrected chi connectivity index (χ4v) is 3.88. The van der Waals surface area contributed by atoms with Crippen LogP contribution in [0, 0.1) is 11.8 Å². The first-order valence-electron chi connectivity index (χ1n) is 9.48. The highest BCUT2D eigenvalue weighted by Gasteiger charge is 2.50. The van der Waals surface area contributed by atoms with Crippen molar-refractivity contribution in [3.63, 3.8) is 0 Å². The van der Waals surface area contributed by atoms with Gasteiger partial charge in [0.1, 0.15) is 5.75 Å². The maximum atomic E-state index is 12.9. The standard InChI is InChI=1S/C22H24N2O3/c1-27-20-11-5-3-8-16(20)14-23-21(25)17-13-18(17)22(26)24-12-6-9-15-7-2-4-10-19(15)24/h2-5,7-8,10-11,17-18H,6,9,12-14H2,1H3,(H,23,25). The molecular weight excluding hydrogens is 340 g/mol. The van der Waals surface area contributed by atoms with Crippen molar-refractivity contribution in [1.82, 2.24) is 5.32 Å². The number of rotatable bonds is 5. The van der Waals surface area contributed by atoms with Gasteiger partial charge in [0, 0.05) is 24.3 Å². The third kappa shape index (κ3) is 3.54. The minimum Gasteiger partial charge on any atom is -0.496 e. The minimum absolute atomic E-state index is 0.0513. The molecule has 1 aliphatic heterocycles. The summed E-state index contributed by atoms with van der Waals surface area (Å²) in [5.41, 5.74) is 3.16. The largest absolute Gasteiger partial charge is 0.496 e. The van der Waals surface area contributed by atoms with Crippen LogP contribution in [0.25, 0.3) is 0 Å². The summed E-state index contributed by atoms with van der Waals surface area (Å²) in [5, 5.41) is 2.95. The highest BCUT2D eigenvalue weighted by Crippen LogP contribution is 2.42. The van der Waals surface area contributed by atoms with Crippen LogP contribution in [-0.2, 0) is 22.6 Å². The van der Waals surface area contributed by atoms with Gasteiger partial charge in [-0.15, -0.1) is 0 Å². The first kappa shape index (κ1) is 17.6. The van der Waals surface area contributed by atoms with Crippen molar-refractivity contribution in [2.24, 2.45) is 11.8 Å². The van der Waals surface area contributed by atoms with Gasteiger partial charge in [0.15, 0.2) is 0 Å². The molecule has 140 valence electrons. The van der Waals surface area contributed by atoms with Crippen LogP contribution in [0.2, 0.25) is 0 Å². The molecule has 0 saturated heterocycles. The first-order valence-corrected chi connectivity index (χ1v) is 9.48. The van der Waals surface area contributed by atoms with Crippen molar-refractivity contribution >= 4 is 17.5 Å². The van der Waals surface area contributed by atoms with E-state index >= 15 is 0 Å². The normalized spacial score (nSPS) is 20.6. The van der Waals surface area contributed by atoms with E-state index in [2.05, 4.69) is 11.4 Å². The van der Waals surface area contributed by atoms with Gasteiger partial charge in [0.2, 0.25) is 11.8 Å². The van der Waals surface area contributed by atoms with E-state index in [1.54, 1.807) is 7.11 Å². The van der Waals surface area contributed by atoms with Crippen LogP contribution < -0.4 is 15.0 Å². The number of aryl methyl sites for hydroxylation is 1. The third-order valence-electron chi connectivity index (χ3n) is 5.47. The molecule has 2 aliphatic rings. The predicted molar refractivity (Wildman–Crippen MR) is 104 cm³/mol. The second-order valence-corrected chi connectivity index (χ2v) is 7.20. The Bertz CT molecular complexity index is 864. The Labute approximate surface area is 159 Å². The topological polar surface area (TPSA) is 58.6 Å². The van der Waals surface area contributed by atoms with Crippen molar-refractivity contribution in [3.05, 3.63) is 59.7 Å². The third-order valence-corrected chi connectivity index (χ3v) is 5.47. The molecule has 1 saturated carbocycles. The lowest BCUT2D eigenvalue weighted by Gasteiger charge is -2.29. The van der Waals surface area contributed by atoms with Gasteiger partial charge in [-0.2, -0.15) is 0 Å². The number of nitrogens with one attached hydrogen (secondary N) is 1. The Balaban J connectivity index is 1.37. The number of carbonyl (C=O) groups excluding carboxylic acids is 2. The Morgan fingerprint density at radius 3 is 2.74 bits per heavy atom. The molecule has 1 N–H and O–H groups in total. The molecule has 1 aliphatic carbocycles. The summed E-state index contributed by atoms with van der Waals surface area (Å²) < 4.78 is 5.31. The van der Waals surface area contributed by atoms with Crippen molar-refractivity contribution in [2.45, 2.75) is 25.8 Å². The van der Waals surface area contributed by atoms with Crippen molar-refractivity contribution in [3.8, 4) is 5.75 Å². The molecule has 2 unspecified atom stereocenters. The molecule has 2 amide bonds. The van der Waals surface area contributed by atoms with E-state index in [0.29, 0.717) is 13.0 Å². The van der Waals surface area contributed by atoms with Gasteiger partial charge in [-0.3, -0.25) is 9.59 Å². The van der Waals surface area contributed by atoms with Crippen LogP contribution in [-0.4, -0.2) is 25.5 Å². The molecule has 4 rings (SSSR count). The quantitative estimate of drug-likeness (QED) is 0.887. The van der Waals surface area contributed by atoms with Gasteiger partial charge in [-0.05, 0) is 37.0 Å². The molecule has 0 radical (unpaired) electrons. The minimum atomic E-state index is -0.221. The molecule has 1 fully saturated rings. The number of fused-ring (bicyclic) bond motifs is 1. The summed E-state index contributed by atoms with van der Waals surface area (Å²) in [4.78, 5) is 27.3. The van der Waals surface area contributed by atoms with Gasteiger partial charge in [0.25, 0.3) is 0 Å². The maximum Gasteiger partial charge on any atom is 0.230 e. The van der Waals surface area contributed by atoms with Crippen molar-refractivity contribution in [2.75, 3.05) is 18.6 Å². The van der Waals surface area contributed by atoms with E-state index in [4.69, 9.17) is 4.74 Å². The molecule has 2 atom stereocenters. The number of hydrogen-bond donors (Lipinski definition) is 1. The van der Waals surface area contributed by atoms with Crippen molar-refractivity contribution < 1.29 is 14.3 Å². The predicted octanol–water partition coefficient (Wildman–Crippen LogP) is 2.93. The molecule has 1 heterocycles. The van der Waals surface area contributed by atoms with E-state index < -0.39 is 0 Å². The molecule has 2 aromatic rings. The number of anilines is 1. The lowest BCUT2D eigenvalue weighted by atomic mass is 10.0. The smallest absolute Gasteiger partial charge is 0.230 e. The number of benzene rings is 2. The number of ether oxygens (including phenoxy) is 1. The fourth-order valence-electron chi connectivity index (χ4n) is 3.88. The maximum absolute atomic E-state index is 12.9. The molecular formula is C22H24N2O3. The number of para-hydroxylation sites is 2.